The maximum absolute atomic E-state index is 12.8. The van der Waals surface area contributed by atoms with Crippen LogP contribution in [0, 0.1) is 11.3 Å². The third-order valence-corrected chi connectivity index (χ3v) is 8.10. The highest BCUT2D eigenvalue weighted by molar-refractivity contribution is 7.89. The minimum absolute atomic E-state index is 0.151. The van der Waals surface area contributed by atoms with Crippen molar-refractivity contribution in [2.75, 3.05) is 0 Å². The lowest BCUT2D eigenvalue weighted by molar-refractivity contribution is -0.147. The van der Waals surface area contributed by atoms with Gasteiger partial charge in [-0.05, 0) is 68.7 Å². The summed E-state index contributed by atoms with van der Waals surface area (Å²) in [5, 5.41) is 10.8. The smallest absolute Gasteiger partial charge is 0.320 e. The summed E-state index contributed by atoms with van der Waals surface area (Å²) < 4.78 is 66.9. The van der Waals surface area contributed by atoms with E-state index in [9.17, 15) is 26.9 Å². The molecule has 178 valence electrons. The zero-order valence-electron chi connectivity index (χ0n) is 18.3. The van der Waals surface area contributed by atoms with Gasteiger partial charge < -0.3 is 4.57 Å². The Labute approximate surface area is 194 Å². The number of rotatable bonds is 6. The van der Waals surface area contributed by atoms with Crippen LogP contribution >= 0.6 is 0 Å². The summed E-state index contributed by atoms with van der Waals surface area (Å²) in [4.78, 5) is 8.56. The van der Waals surface area contributed by atoms with Gasteiger partial charge in [0.1, 0.15) is 22.7 Å². The number of hydrogen-bond donors (Lipinski definition) is 1. The first-order valence-electron chi connectivity index (χ1n) is 11.1. The Hall–Kier alpha value is -2.97. The summed E-state index contributed by atoms with van der Waals surface area (Å²) in [6, 6.07) is 4.84. The fourth-order valence-electron chi connectivity index (χ4n) is 4.26. The van der Waals surface area contributed by atoms with Gasteiger partial charge in [0, 0.05) is 23.8 Å². The molecule has 0 unspecified atom stereocenters. The van der Waals surface area contributed by atoms with Crippen LogP contribution in [0.25, 0.3) is 22.4 Å². The molecule has 3 aromatic heterocycles. The van der Waals surface area contributed by atoms with Crippen molar-refractivity contribution in [1.29, 1.82) is 5.26 Å². The van der Waals surface area contributed by atoms with Crippen molar-refractivity contribution in [2.45, 2.75) is 68.1 Å². The van der Waals surface area contributed by atoms with E-state index in [2.05, 4.69) is 16.0 Å². The molecule has 0 radical (unpaired) electrons. The highest BCUT2D eigenvalue weighted by Crippen LogP contribution is 2.44. The molecule has 0 amide bonds. The third-order valence-electron chi connectivity index (χ3n) is 6.58. The average Bonchev–Trinajstić information content (AvgIpc) is 3.55. The topological polar surface area (TPSA) is 101 Å². The van der Waals surface area contributed by atoms with E-state index < -0.39 is 22.2 Å². The van der Waals surface area contributed by atoms with E-state index in [1.54, 1.807) is 4.72 Å². The standard InChI is InChI=1S/C23H22F3N5O2S/c1-13(23(24,25)26)30-34(32,33)17-7-8-20(28-12-17)21-19(10-27)18-9-15(14-5-6-14)11-29-22(18)31(21)16-3-2-4-16/h7-9,11-14,16,30H,2-6H2,1H3/t13-/m1/s1. The number of nitrogens with zero attached hydrogens (tertiary/aromatic N) is 4. The Morgan fingerprint density at radius 3 is 2.44 bits per heavy atom. The summed E-state index contributed by atoms with van der Waals surface area (Å²) in [5.41, 5.74) is 3.14. The molecule has 0 spiro atoms. The molecule has 2 aliphatic carbocycles. The fourth-order valence-corrected chi connectivity index (χ4v) is 5.43. The second kappa shape index (κ2) is 8.06. The lowest BCUT2D eigenvalue weighted by Gasteiger charge is -2.29. The maximum atomic E-state index is 12.8. The zero-order chi connectivity index (χ0) is 24.3. The Morgan fingerprint density at radius 2 is 1.91 bits per heavy atom. The molecule has 0 bridgehead atoms. The molecule has 7 nitrogen and oxygen atoms in total. The van der Waals surface area contributed by atoms with E-state index in [-0.39, 0.29) is 10.9 Å². The number of nitrogens with one attached hydrogen (secondary N) is 1. The number of pyridine rings is 2. The van der Waals surface area contributed by atoms with E-state index in [1.165, 1.54) is 12.1 Å². The van der Waals surface area contributed by atoms with Gasteiger partial charge in [0.25, 0.3) is 0 Å². The Kier molecular flexibility index (Phi) is 5.41. The highest BCUT2D eigenvalue weighted by Gasteiger charge is 2.39. The molecule has 11 heteroatoms. The van der Waals surface area contributed by atoms with Crippen molar-refractivity contribution in [1.82, 2.24) is 19.3 Å². The quantitative estimate of drug-likeness (QED) is 0.536. The molecule has 3 heterocycles. The summed E-state index contributed by atoms with van der Waals surface area (Å²) in [6.07, 6.45) is 3.29. The summed E-state index contributed by atoms with van der Waals surface area (Å²) in [7, 11) is -4.43. The van der Waals surface area contributed by atoms with Crippen LogP contribution in [-0.4, -0.2) is 35.2 Å². The van der Waals surface area contributed by atoms with Crippen LogP contribution in [0.3, 0.4) is 0 Å². The maximum Gasteiger partial charge on any atom is 0.404 e. The Bertz CT molecular complexity index is 1400. The molecule has 0 saturated heterocycles. The van der Waals surface area contributed by atoms with Crippen molar-refractivity contribution in [2.24, 2.45) is 0 Å². The minimum atomic E-state index is -4.71. The number of halogens is 3. The zero-order valence-corrected chi connectivity index (χ0v) is 19.1. The minimum Gasteiger partial charge on any atom is -0.320 e. The van der Waals surface area contributed by atoms with Gasteiger partial charge in [0.05, 0.1) is 17.0 Å². The summed E-state index contributed by atoms with van der Waals surface area (Å²) >= 11 is 0. The van der Waals surface area contributed by atoms with Crippen LogP contribution in [0.2, 0.25) is 0 Å². The van der Waals surface area contributed by atoms with Crippen molar-refractivity contribution in [3.63, 3.8) is 0 Å². The van der Waals surface area contributed by atoms with E-state index >= 15 is 0 Å². The summed E-state index contributed by atoms with van der Waals surface area (Å²) in [5.74, 6) is 0.466. The van der Waals surface area contributed by atoms with Gasteiger partial charge in [0.15, 0.2) is 0 Å². The lowest BCUT2D eigenvalue weighted by atomic mass is 9.92. The molecule has 1 atom stereocenters. The van der Waals surface area contributed by atoms with E-state index in [1.807, 2.05) is 16.8 Å². The molecule has 3 aromatic rings. The average molecular weight is 490 g/mol. The van der Waals surface area contributed by atoms with Crippen LogP contribution in [0.1, 0.15) is 62.1 Å². The third kappa shape index (κ3) is 3.95. The number of fused-ring (bicyclic) bond motifs is 1. The molecule has 2 fully saturated rings. The van der Waals surface area contributed by atoms with E-state index in [4.69, 9.17) is 0 Å². The predicted molar refractivity (Wildman–Crippen MR) is 118 cm³/mol. The number of nitriles is 1. The highest BCUT2D eigenvalue weighted by atomic mass is 32.2. The first-order valence-corrected chi connectivity index (χ1v) is 12.6. The Morgan fingerprint density at radius 1 is 1.18 bits per heavy atom. The predicted octanol–water partition coefficient (Wildman–Crippen LogP) is 4.80. The van der Waals surface area contributed by atoms with Crippen molar-refractivity contribution in [3.05, 3.63) is 41.7 Å². The van der Waals surface area contributed by atoms with Gasteiger partial charge in [-0.3, -0.25) is 4.98 Å². The molecule has 0 aromatic carbocycles. The second-order valence-corrected chi connectivity index (χ2v) is 10.7. The molecule has 2 aliphatic rings. The molecule has 1 N–H and O–H groups in total. The molecular weight excluding hydrogens is 467 g/mol. The van der Waals surface area contributed by atoms with Gasteiger partial charge in [0.2, 0.25) is 10.0 Å². The first-order chi connectivity index (χ1) is 16.1. The summed E-state index contributed by atoms with van der Waals surface area (Å²) in [6.45, 7) is 0.735. The van der Waals surface area contributed by atoms with Crippen LogP contribution in [0.15, 0.2) is 35.5 Å². The number of aromatic nitrogens is 3. The largest absolute Gasteiger partial charge is 0.404 e. The van der Waals surface area contributed by atoms with Crippen molar-refractivity contribution >= 4 is 21.1 Å². The van der Waals surface area contributed by atoms with Crippen LogP contribution in [0.5, 0.6) is 0 Å². The van der Waals surface area contributed by atoms with Gasteiger partial charge >= 0.3 is 6.18 Å². The monoisotopic (exact) mass is 489 g/mol. The normalized spacial score (nSPS) is 18.0. The van der Waals surface area contributed by atoms with Crippen LogP contribution in [-0.2, 0) is 10.0 Å². The Balaban J connectivity index is 1.58. The van der Waals surface area contributed by atoms with E-state index in [0.717, 1.165) is 56.2 Å². The molecule has 34 heavy (non-hydrogen) atoms. The fraction of sp³-hybridized carbons (Fsp3) is 0.435. The van der Waals surface area contributed by atoms with Crippen LogP contribution < -0.4 is 4.72 Å². The molecular formula is C23H22F3N5O2S. The first kappa shape index (κ1) is 22.8. The second-order valence-electron chi connectivity index (χ2n) is 8.97. The molecule has 0 aliphatic heterocycles. The van der Waals surface area contributed by atoms with Crippen molar-refractivity contribution in [3.8, 4) is 17.5 Å². The van der Waals surface area contributed by atoms with Gasteiger partial charge in [-0.15, -0.1) is 0 Å². The number of alkyl halides is 3. The van der Waals surface area contributed by atoms with Crippen LogP contribution in [0.4, 0.5) is 13.2 Å². The van der Waals surface area contributed by atoms with Crippen molar-refractivity contribution < 1.29 is 21.6 Å². The van der Waals surface area contributed by atoms with Gasteiger partial charge in [-0.25, -0.2) is 13.4 Å². The number of hydrogen-bond acceptors (Lipinski definition) is 5. The number of sulfonamides is 1. The van der Waals surface area contributed by atoms with Gasteiger partial charge in [-0.1, -0.05) is 0 Å². The lowest BCUT2D eigenvalue weighted by Crippen LogP contribution is -2.42. The van der Waals surface area contributed by atoms with E-state index in [0.29, 0.717) is 28.5 Å². The molecule has 5 rings (SSSR count). The van der Waals surface area contributed by atoms with Gasteiger partial charge in [-0.2, -0.15) is 23.2 Å². The molecule has 2 saturated carbocycles. The SMILES string of the molecule is C[C@@H](NS(=O)(=O)c1ccc(-c2c(C#N)c3cc(C4CC4)cnc3n2C2CCC2)nc1)C(F)(F)F.